The largest absolute Gasteiger partial charge is 0.490 e. The highest BCUT2D eigenvalue weighted by molar-refractivity contribution is 5.96. The summed E-state index contributed by atoms with van der Waals surface area (Å²) in [6.45, 7) is 4.24. The van der Waals surface area contributed by atoms with Crippen molar-refractivity contribution in [3.63, 3.8) is 0 Å². The highest BCUT2D eigenvalue weighted by Crippen LogP contribution is 2.25. The fraction of sp³-hybridized carbons (Fsp3) is 0.364. The zero-order valence-electron chi connectivity index (χ0n) is 15.8. The van der Waals surface area contributed by atoms with E-state index in [1.165, 1.54) is 12.1 Å². The molecule has 0 saturated carbocycles. The zero-order chi connectivity index (χ0) is 19.6. The van der Waals surface area contributed by atoms with E-state index in [4.69, 9.17) is 9.47 Å². The summed E-state index contributed by atoms with van der Waals surface area (Å²) >= 11 is 0. The van der Waals surface area contributed by atoms with Crippen molar-refractivity contribution in [2.24, 2.45) is 0 Å². The molecule has 5 heteroatoms. The number of ether oxygens (including phenoxy) is 2. The summed E-state index contributed by atoms with van der Waals surface area (Å²) in [5.41, 5.74) is 0.228. The normalized spacial score (nSPS) is 11.6. The quantitative estimate of drug-likeness (QED) is 0.451. The monoisotopic (exact) mass is 370 g/mol. The van der Waals surface area contributed by atoms with E-state index < -0.39 is 11.9 Å². The van der Waals surface area contributed by atoms with Gasteiger partial charge in [0.15, 0.2) is 0 Å². The summed E-state index contributed by atoms with van der Waals surface area (Å²) in [4.78, 5) is 24.0. The molecule has 144 valence electrons. The SMILES string of the molecule is CCCCC(CCC)Oc1ccccc1C(=O)Oc1ccccc1C(=O)O. The zero-order valence-corrected chi connectivity index (χ0v) is 15.8. The predicted molar refractivity (Wildman–Crippen MR) is 104 cm³/mol. The van der Waals surface area contributed by atoms with Crippen LogP contribution in [0.3, 0.4) is 0 Å². The number of carbonyl (C=O) groups excluding carboxylic acids is 1. The Hall–Kier alpha value is -2.82. The summed E-state index contributed by atoms with van der Waals surface area (Å²) in [7, 11) is 0. The highest BCUT2D eigenvalue weighted by atomic mass is 16.5. The smallest absolute Gasteiger partial charge is 0.347 e. The van der Waals surface area contributed by atoms with E-state index in [2.05, 4.69) is 13.8 Å². The van der Waals surface area contributed by atoms with E-state index in [-0.39, 0.29) is 23.0 Å². The first-order chi connectivity index (χ1) is 13.1. The van der Waals surface area contributed by atoms with Crippen LogP contribution in [0.2, 0.25) is 0 Å². The fourth-order valence-corrected chi connectivity index (χ4v) is 2.82. The lowest BCUT2D eigenvalue weighted by Crippen LogP contribution is -2.19. The molecule has 0 aromatic heterocycles. The maximum Gasteiger partial charge on any atom is 0.347 e. The number of esters is 1. The van der Waals surface area contributed by atoms with Crippen LogP contribution in [0.25, 0.3) is 0 Å². The standard InChI is InChI=1S/C22H26O5/c1-3-5-11-16(10-4-2)26-20-15-9-7-13-18(20)22(25)27-19-14-8-6-12-17(19)21(23)24/h6-9,12-16H,3-5,10-11H2,1-2H3,(H,23,24). The number of aromatic carboxylic acids is 1. The van der Waals surface area contributed by atoms with Crippen LogP contribution >= 0.6 is 0 Å². The minimum absolute atomic E-state index is 0.0147. The average Bonchev–Trinajstić information content (AvgIpc) is 2.67. The van der Waals surface area contributed by atoms with Gasteiger partial charge < -0.3 is 14.6 Å². The second-order valence-electron chi connectivity index (χ2n) is 6.36. The number of benzene rings is 2. The summed E-state index contributed by atoms with van der Waals surface area (Å²) in [6.07, 6.45) is 5.01. The van der Waals surface area contributed by atoms with Crippen molar-refractivity contribution in [2.75, 3.05) is 0 Å². The molecule has 1 N–H and O–H groups in total. The van der Waals surface area contributed by atoms with Gasteiger partial charge in [-0.1, -0.05) is 57.4 Å². The number of carboxylic acids is 1. The summed E-state index contributed by atoms with van der Waals surface area (Å²) in [5.74, 6) is -1.30. The van der Waals surface area contributed by atoms with E-state index in [1.54, 1.807) is 36.4 Å². The van der Waals surface area contributed by atoms with Gasteiger partial charge in [-0.25, -0.2) is 9.59 Å². The third-order valence-corrected chi connectivity index (χ3v) is 4.21. The first kappa shape index (κ1) is 20.5. The van der Waals surface area contributed by atoms with Crippen molar-refractivity contribution >= 4 is 11.9 Å². The molecule has 0 amide bonds. The third kappa shape index (κ3) is 5.84. The van der Waals surface area contributed by atoms with Gasteiger partial charge >= 0.3 is 11.9 Å². The molecule has 0 radical (unpaired) electrons. The number of hydrogen-bond donors (Lipinski definition) is 1. The summed E-state index contributed by atoms with van der Waals surface area (Å²) < 4.78 is 11.5. The Bertz CT molecular complexity index is 769. The number of carbonyl (C=O) groups is 2. The molecule has 2 rings (SSSR count). The maximum atomic E-state index is 12.7. The Morgan fingerprint density at radius 1 is 0.889 bits per heavy atom. The van der Waals surface area contributed by atoms with E-state index in [0.717, 1.165) is 32.1 Å². The van der Waals surface area contributed by atoms with Gasteiger partial charge in [-0.2, -0.15) is 0 Å². The molecule has 27 heavy (non-hydrogen) atoms. The van der Waals surface area contributed by atoms with Crippen molar-refractivity contribution in [3.05, 3.63) is 59.7 Å². The van der Waals surface area contributed by atoms with Gasteiger partial charge in [0.2, 0.25) is 0 Å². The number of carboxylic acid groups (broad SMARTS) is 1. The molecule has 0 heterocycles. The second kappa shape index (κ2) is 10.4. The molecule has 0 aliphatic rings. The second-order valence-corrected chi connectivity index (χ2v) is 6.36. The summed E-state index contributed by atoms with van der Waals surface area (Å²) in [6, 6.07) is 13.0. The number of rotatable bonds is 10. The van der Waals surface area contributed by atoms with Crippen molar-refractivity contribution < 1.29 is 24.2 Å². The Balaban J connectivity index is 2.21. The van der Waals surface area contributed by atoms with Crippen LogP contribution in [-0.4, -0.2) is 23.1 Å². The van der Waals surface area contributed by atoms with Crippen LogP contribution in [-0.2, 0) is 0 Å². The van der Waals surface area contributed by atoms with Crippen molar-refractivity contribution in [2.45, 2.75) is 52.1 Å². The van der Waals surface area contributed by atoms with E-state index in [9.17, 15) is 14.7 Å². The molecule has 5 nitrogen and oxygen atoms in total. The van der Waals surface area contributed by atoms with E-state index in [1.807, 2.05) is 0 Å². The molecule has 0 aliphatic heterocycles. The van der Waals surface area contributed by atoms with Crippen LogP contribution in [0.1, 0.15) is 66.7 Å². The van der Waals surface area contributed by atoms with Gasteiger partial charge in [0, 0.05) is 0 Å². The highest BCUT2D eigenvalue weighted by Gasteiger charge is 2.20. The van der Waals surface area contributed by atoms with Crippen molar-refractivity contribution in [1.82, 2.24) is 0 Å². The van der Waals surface area contributed by atoms with Gasteiger partial charge in [0.1, 0.15) is 22.6 Å². The predicted octanol–water partition coefficient (Wildman–Crippen LogP) is 5.34. The maximum absolute atomic E-state index is 12.7. The lowest BCUT2D eigenvalue weighted by Gasteiger charge is -2.20. The molecule has 1 unspecified atom stereocenters. The molecule has 0 saturated heterocycles. The number of para-hydroxylation sites is 2. The first-order valence-electron chi connectivity index (χ1n) is 9.37. The average molecular weight is 370 g/mol. The van der Waals surface area contributed by atoms with Gasteiger partial charge in [0.05, 0.1) is 6.10 Å². The molecule has 1 atom stereocenters. The molecular formula is C22H26O5. The van der Waals surface area contributed by atoms with Crippen LogP contribution in [0.4, 0.5) is 0 Å². The first-order valence-corrected chi connectivity index (χ1v) is 9.37. The van der Waals surface area contributed by atoms with E-state index in [0.29, 0.717) is 5.75 Å². The Kier molecular flexibility index (Phi) is 7.86. The van der Waals surface area contributed by atoms with Crippen LogP contribution < -0.4 is 9.47 Å². The Labute approximate surface area is 159 Å². The summed E-state index contributed by atoms with van der Waals surface area (Å²) in [5, 5.41) is 9.25. The number of hydrogen-bond acceptors (Lipinski definition) is 4. The lowest BCUT2D eigenvalue weighted by atomic mass is 10.1. The minimum Gasteiger partial charge on any atom is -0.490 e. The van der Waals surface area contributed by atoms with Gasteiger partial charge in [-0.15, -0.1) is 0 Å². The molecule has 2 aromatic carbocycles. The molecular weight excluding hydrogens is 344 g/mol. The third-order valence-electron chi connectivity index (χ3n) is 4.21. The van der Waals surface area contributed by atoms with Gasteiger partial charge in [-0.3, -0.25) is 0 Å². The fourth-order valence-electron chi connectivity index (χ4n) is 2.82. The Morgan fingerprint density at radius 2 is 1.52 bits per heavy atom. The van der Waals surface area contributed by atoms with Crippen molar-refractivity contribution in [3.8, 4) is 11.5 Å². The van der Waals surface area contributed by atoms with Crippen LogP contribution in [0.5, 0.6) is 11.5 Å². The minimum atomic E-state index is -1.15. The molecule has 0 fully saturated rings. The van der Waals surface area contributed by atoms with Crippen LogP contribution in [0.15, 0.2) is 48.5 Å². The topological polar surface area (TPSA) is 72.8 Å². The van der Waals surface area contributed by atoms with Gasteiger partial charge in [0.25, 0.3) is 0 Å². The van der Waals surface area contributed by atoms with E-state index >= 15 is 0 Å². The van der Waals surface area contributed by atoms with Crippen molar-refractivity contribution in [1.29, 1.82) is 0 Å². The molecule has 2 aromatic rings. The molecule has 0 spiro atoms. The molecule has 0 bridgehead atoms. The number of unbranched alkanes of at least 4 members (excludes halogenated alkanes) is 1. The van der Waals surface area contributed by atoms with Crippen LogP contribution in [0, 0.1) is 0 Å². The molecule has 0 aliphatic carbocycles. The van der Waals surface area contributed by atoms with Gasteiger partial charge in [-0.05, 0) is 37.1 Å². The Morgan fingerprint density at radius 3 is 2.15 bits per heavy atom. The lowest BCUT2D eigenvalue weighted by molar-refractivity contribution is 0.0679.